The quantitative estimate of drug-likeness (QED) is 0.0700. The molecule has 57 heavy (non-hydrogen) atoms. The first kappa shape index (κ1) is 45.7. The average Bonchev–Trinajstić information content (AvgIpc) is 3.11. The fraction of sp³-hybridized carbons (Fsp3) is 0.429. The van der Waals surface area contributed by atoms with Crippen LogP contribution in [0.4, 0.5) is 0 Å². The predicted octanol–water partition coefficient (Wildman–Crippen LogP) is 6.70. The van der Waals surface area contributed by atoms with Crippen molar-refractivity contribution < 1.29 is 71.7 Å². The minimum atomic E-state index is -1.79. The van der Waals surface area contributed by atoms with Gasteiger partial charge >= 0.3 is 23.9 Å². The van der Waals surface area contributed by atoms with Gasteiger partial charge in [-0.25, -0.2) is 9.59 Å². The number of hydrogen-bond acceptors (Lipinski definition) is 15. The van der Waals surface area contributed by atoms with Crippen LogP contribution < -0.4 is 28.4 Å². The van der Waals surface area contributed by atoms with Crippen molar-refractivity contribution in [1.82, 2.24) is 0 Å². The van der Waals surface area contributed by atoms with E-state index in [1.54, 1.807) is 53.7 Å². The highest BCUT2D eigenvalue weighted by molar-refractivity contribution is 5.91. The summed E-state index contributed by atoms with van der Waals surface area (Å²) in [6, 6.07) is 10.5. The molecule has 0 fully saturated rings. The molecule has 0 saturated carbocycles. The highest BCUT2D eigenvalue weighted by Gasteiger charge is 2.37. The summed E-state index contributed by atoms with van der Waals surface area (Å²) >= 11 is 0. The summed E-state index contributed by atoms with van der Waals surface area (Å²) < 4.78 is 56.1. The Morgan fingerprint density at radius 1 is 0.632 bits per heavy atom. The molecule has 3 rings (SSSR count). The minimum absolute atomic E-state index is 0.0190. The summed E-state index contributed by atoms with van der Waals surface area (Å²) in [6.45, 7) is 12.5. The maximum absolute atomic E-state index is 13.9. The van der Waals surface area contributed by atoms with Gasteiger partial charge in [-0.1, -0.05) is 6.07 Å². The lowest BCUT2D eigenvalue weighted by molar-refractivity contribution is -0.169. The average molecular weight is 797 g/mol. The molecule has 0 aliphatic rings. The van der Waals surface area contributed by atoms with Crippen molar-refractivity contribution >= 4 is 30.0 Å². The van der Waals surface area contributed by atoms with Crippen LogP contribution in [0.1, 0.15) is 84.5 Å². The molecular weight excluding hydrogens is 744 g/mol. The van der Waals surface area contributed by atoms with Crippen LogP contribution in [-0.4, -0.2) is 81.8 Å². The van der Waals surface area contributed by atoms with E-state index in [0.29, 0.717) is 11.1 Å². The van der Waals surface area contributed by atoms with E-state index in [4.69, 9.17) is 47.4 Å². The Labute approximate surface area is 332 Å². The number of esters is 4. The molecule has 310 valence electrons. The van der Waals surface area contributed by atoms with E-state index in [0.717, 1.165) is 0 Å². The zero-order valence-corrected chi connectivity index (χ0v) is 34.6. The number of hydrogen-bond donors (Lipinski definition) is 1. The zero-order valence-electron chi connectivity index (χ0n) is 34.6. The molecule has 2 atom stereocenters. The summed E-state index contributed by atoms with van der Waals surface area (Å²) in [5.41, 5.74) is -0.627. The number of benzene rings is 3. The summed E-state index contributed by atoms with van der Waals surface area (Å²) in [5, 5.41) is 12.1. The molecule has 0 heterocycles. The lowest BCUT2D eigenvalue weighted by Gasteiger charge is -2.28. The molecule has 3 aromatic rings. The molecule has 0 radical (unpaired) electrons. The maximum Gasteiger partial charge on any atom is 0.351 e. The Hall–Kier alpha value is -5.64. The molecule has 0 aliphatic carbocycles. The highest BCUT2D eigenvalue weighted by Crippen LogP contribution is 2.48. The second kappa shape index (κ2) is 19.5. The Morgan fingerprint density at radius 2 is 1.14 bits per heavy atom. The SMILES string of the molecule is COc1cc(C(OC)OC)ccc1O[C@H](C(=O)OC(C)(C)C)[C@@H](O)c1cc(OC)c(OC(C)=O)c(-c2cc(/C=C/C(=O)OC(C)(C)C)cc(OC)c2OC(C)=O)c1. The standard InChI is InChI=1S/C42H52O15/c1-23(43)53-36-28(18-25(19-32(36)49-10)14-17-34(45)56-41(3,4)5)29-20-27(22-33(50-11)37(29)54-24(2)44)35(46)38(39(47)57-42(6,7)8)55-30-16-15-26(21-31(30)48-9)40(51-12)52-13/h14-22,35,38,40,46H,1-13H3/b17-14+/t35-,38-/m0/s1. The van der Waals surface area contributed by atoms with E-state index in [2.05, 4.69) is 0 Å². The molecule has 0 bridgehead atoms. The van der Waals surface area contributed by atoms with Gasteiger partial charge in [0.15, 0.2) is 40.8 Å². The molecule has 0 unspecified atom stereocenters. The Bertz CT molecular complexity index is 1950. The van der Waals surface area contributed by atoms with Crippen LogP contribution in [0.3, 0.4) is 0 Å². The van der Waals surface area contributed by atoms with E-state index < -0.39 is 53.6 Å². The number of carbonyl (C=O) groups is 4. The van der Waals surface area contributed by atoms with E-state index in [9.17, 15) is 24.3 Å². The van der Waals surface area contributed by atoms with Gasteiger partial charge in [0.1, 0.15) is 17.3 Å². The van der Waals surface area contributed by atoms with Crippen LogP contribution in [-0.2, 0) is 38.1 Å². The molecule has 0 amide bonds. The lowest BCUT2D eigenvalue weighted by Crippen LogP contribution is -2.39. The monoisotopic (exact) mass is 796 g/mol. The molecule has 0 saturated heterocycles. The fourth-order valence-corrected chi connectivity index (χ4v) is 5.42. The van der Waals surface area contributed by atoms with Gasteiger partial charge in [0.25, 0.3) is 0 Å². The first-order valence-corrected chi connectivity index (χ1v) is 17.7. The molecule has 0 aliphatic heterocycles. The van der Waals surface area contributed by atoms with Gasteiger partial charge in [-0.2, -0.15) is 0 Å². The predicted molar refractivity (Wildman–Crippen MR) is 207 cm³/mol. The summed E-state index contributed by atoms with van der Waals surface area (Å²) in [6.07, 6.45) is -1.60. The number of ether oxygens (including phenoxy) is 10. The number of aliphatic hydroxyl groups excluding tert-OH is 1. The fourth-order valence-electron chi connectivity index (χ4n) is 5.42. The lowest BCUT2D eigenvalue weighted by atomic mass is 9.94. The van der Waals surface area contributed by atoms with Crippen LogP contribution >= 0.6 is 0 Å². The highest BCUT2D eigenvalue weighted by atomic mass is 16.7. The van der Waals surface area contributed by atoms with Gasteiger partial charge in [0.2, 0.25) is 6.10 Å². The summed E-state index contributed by atoms with van der Waals surface area (Å²) in [7, 11) is 6.98. The van der Waals surface area contributed by atoms with Crippen LogP contribution in [0, 0.1) is 0 Å². The molecule has 0 spiro atoms. The number of rotatable bonds is 16. The molecule has 15 heteroatoms. The van der Waals surface area contributed by atoms with Crippen LogP contribution in [0.2, 0.25) is 0 Å². The van der Waals surface area contributed by atoms with E-state index in [1.165, 1.54) is 91.9 Å². The van der Waals surface area contributed by atoms with Crippen molar-refractivity contribution in [1.29, 1.82) is 0 Å². The van der Waals surface area contributed by atoms with Crippen molar-refractivity contribution in [3.63, 3.8) is 0 Å². The van der Waals surface area contributed by atoms with Gasteiger partial charge in [-0.05, 0) is 95.1 Å². The number of carbonyl (C=O) groups excluding carboxylic acids is 4. The Kier molecular flexibility index (Phi) is 15.6. The molecular formula is C42H52O15. The van der Waals surface area contributed by atoms with Gasteiger partial charge in [-0.15, -0.1) is 0 Å². The summed E-state index contributed by atoms with van der Waals surface area (Å²) in [4.78, 5) is 51.5. The van der Waals surface area contributed by atoms with Gasteiger partial charge in [0.05, 0.1) is 21.3 Å². The normalized spacial score (nSPS) is 12.8. The first-order valence-electron chi connectivity index (χ1n) is 17.7. The second-order valence-electron chi connectivity index (χ2n) is 14.5. The topological polar surface area (TPSA) is 181 Å². The van der Waals surface area contributed by atoms with E-state index >= 15 is 0 Å². The maximum atomic E-state index is 13.9. The van der Waals surface area contributed by atoms with Crippen molar-refractivity contribution in [2.45, 2.75) is 85.1 Å². The smallest absolute Gasteiger partial charge is 0.351 e. The van der Waals surface area contributed by atoms with Crippen LogP contribution in [0.5, 0.6) is 34.5 Å². The minimum Gasteiger partial charge on any atom is -0.493 e. The van der Waals surface area contributed by atoms with E-state index in [1.807, 2.05) is 0 Å². The van der Waals surface area contributed by atoms with E-state index in [-0.39, 0.29) is 51.2 Å². The molecule has 0 aromatic heterocycles. The Balaban J connectivity index is 2.37. The van der Waals surface area contributed by atoms with Crippen molar-refractivity contribution in [3.05, 3.63) is 65.2 Å². The zero-order chi connectivity index (χ0) is 42.8. The largest absolute Gasteiger partial charge is 0.493 e. The molecule has 3 aromatic carbocycles. The van der Waals surface area contributed by atoms with Crippen LogP contribution in [0.15, 0.2) is 48.5 Å². The third-order valence-electron chi connectivity index (χ3n) is 7.60. The van der Waals surface area contributed by atoms with Gasteiger partial charge < -0.3 is 52.5 Å². The molecule has 1 N–H and O–H groups in total. The third-order valence-corrected chi connectivity index (χ3v) is 7.60. The number of aliphatic hydroxyl groups is 1. The third kappa shape index (κ3) is 12.7. The first-order chi connectivity index (χ1) is 26.6. The second-order valence-corrected chi connectivity index (χ2v) is 14.5. The summed E-state index contributed by atoms with van der Waals surface area (Å²) in [5.74, 6) is -3.01. The molecule has 15 nitrogen and oxygen atoms in total. The number of methoxy groups -OCH3 is 5. The van der Waals surface area contributed by atoms with Crippen molar-refractivity contribution in [2.75, 3.05) is 35.5 Å². The van der Waals surface area contributed by atoms with Crippen LogP contribution in [0.25, 0.3) is 17.2 Å². The Morgan fingerprint density at radius 3 is 1.63 bits per heavy atom. The van der Waals surface area contributed by atoms with Gasteiger partial charge in [-0.3, -0.25) is 9.59 Å². The van der Waals surface area contributed by atoms with Crippen molar-refractivity contribution in [3.8, 4) is 45.6 Å². The van der Waals surface area contributed by atoms with Gasteiger partial charge in [0, 0.05) is 50.8 Å². The van der Waals surface area contributed by atoms with Crippen molar-refractivity contribution in [2.24, 2.45) is 0 Å².